The predicted molar refractivity (Wildman–Crippen MR) is 85.9 cm³/mol. The van der Waals surface area contributed by atoms with Crippen molar-refractivity contribution in [3.8, 4) is 0 Å². The van der Waals surface area contributed by atoms with Crippen LogP contribution in [-0.2, 0) is 9.53 Å². The lowest BCUT2D eigenvalue weighted by molar-refractivity contribution is -0.147. The molecule has 1 unspecified atom stereocenters. The second kappa shape index (κ2) is 8.12. The minimum atomic E-state index is -0.150. The van der Waals surface area contributed by atoms with Gasteiger partial charge in [0.1, 0.15) is 6.61 Å². The molecule has 5 heteroatoms. The van der Waals surface area contributed by atoms with Crippen LogP contribution in [0.25, 0.3) is 0 Å². The van der Waals surface area contributed by atoms with Crippen molar-refractivity contribution < 1.29 is 9.53 Å². The summed E-state index contributed by atoms with van der Waals surface area (Å²) in [4.78, 5) is 22.0. The SMILES string of the molecule is CCC(C)C(=O)OCCN(c1ccncc1)c1cccnc1. The van der Waals surface area contributed by atoms with Crippen LogP contribution >= 0.6 is 0 Å². The van der Waals surface area contributed by atoms with Gasteiger partial charge in [0.25, 0.3) is 0 Å². The molecule has 2 heterocycles. The van der Waals surface area contributed by atoms with Crippen LogP contribution in [0, 0.1) is 5.92 Å². The second-order valence-corrected chi connectivity index (χ2v) is 5.05. The summed E-state index contributed by atoms with van der Waals surface area (Å²) in [6, 6.07) is 7.70. The molecule has 1 atom stereocenters. The van der Waals surface area contributed by atoms with Gasteiger partial charge in [0.15, 0.2) is 0 Å². The Hall–Kier alpha value is -2.43. The van der Waals surface area contributed by atoms with E-state index in [0.29, 0.717) is 13.2 Å². The maximum absolute atomic E-state index is 11.8. The Kier molecular flexibility index (Phi) is 5.89. The Bertz CT molecular complexity index is 535. The summed E-state index contributed by atoms with van der Waals surface area (Å²) < 4.78 is 5.35. The van der Waals surface area contributed by atoms with Gasteiger partial charge in [0.05, 0.1) is 24.3 Å². The predicted octanol–water partition coefficient (Wildman–Crippen LogP) is 3.20. The van der Waals surface area contributed by atoms with Crippen LogP contribution in [0.4, 0.5) is 11.4 Å². The molecule has 5 nitrogen and oxygen atoms in total. The molecule has 0 N–H and O–H groups in total. The van der Waals surface area contributed by atoms with E-state index in [1.54, 1.807) is 24.8 Å². The van der Waals surface area contributed by atoms with E-state index >= 15 is 0 Å². The first kappa shape index (κ1) is 15.9. The lowest BCUT2D eigenvalue weighted by Gasteiger charge is -2.24. The Morgan fingerprint density at radius 1 is 1.18 bits per heavy atom. The third-order valence-electron chi connectivity index (χ3n) is 3.51. The molecule has 0 saturated heterocycles. The molecule has 0 amide bonds. The summed E-state index contributed by atoms with van der Waals surface area (Å²) in [5, 5.41) is 0. The molecule has 22 heavy (non-hydrogen) atoms. The molecule has 0 aliphatic rings. The van der Waals surface area contributed by atoms with E-state index in [4.69, 9.17) is 4.74 Å². The van der Waals surface area contributed by atoms with Crippen molar-refractivity contribution in [3.05, 3.63) is 49.1 Å². The highest BCUT2D eigenvalue weighted by Crippen LogP contribution is 2.23. The van der Waals surface area contributed by atoms with Crippen molar-refractivity contribution in [3.63, 3.8) is 0 Å². The summed E-state index contributed by atoms with van der Waals surface area (Å²) >= 11 is 0. The summed E-state index contributed by atoms with van der Waals surface area (Å²) in [6.45, 7) is 4.76. The number of esters is 1. The lowest BCUT2D eigenvalue weighted by Crippen LogP contribution is -2.25. The van der Waals surface area contributed by atoms with E-state index < -0.39 is 0 Å². The normalized spacial score (nSPS) is 11.7. The number of hydrogen-bond donors (Lipinski definition) is 0. The first-order chi connectivity index (χ1) is 10.7. The van der Waals surface area contributed by atoms with E-state index in [1.165, 1.54) is 0 Å². The first-order valence-corrected chi connectivity index (χ1v) is 7.46. The summed E-state index contributed by atoms with van der Waals surface area (Å²) in [7, 11) is 0. The Balaban J connectivity index is 2.05. The van der Waals surface area contributed by atoms with Crippen molar-refractivity contribution in [1.82, 2.24) is 9.97 Å². The zero-order valence-electron chi connectivity index (χ0n) is 13.0. The number of carbonyl (C=O) groups is 1. The van der Waals surface area contributed by atoms with Crippen molar-refractivity contribution in [2.45, 2.75) is 20.3 Å². The van der Waals surface area contributed by atoms with Crippen molar-refractivity contribution in [2.75, 3.05) is 18.1 Å². The van der Waals surface area contributed by atoms with Gasteiger partial charge < -0.3 is 9.64 Å². The van der Waals surface area contributed by atoms with Crippen LogP contribution in [0.3, 0.4) is 0 Å². The van der Waals surface area contributed by atoms with Gasteiger partial charge in [0, 0.05) is 24.3 Å². The molecule has 2 aromatic heterocycles. The van der Waals surface area contributed by atoms with Gasteiger partial charge in [-0.1, -0.05) is 13.8 Å². The standard InChI is InChI=1S/C17H21N3O2/c1-3-14(2)17(21)22-12-11-20(15-6-9-18-10-7-15)16-5-4-8-19-13-16/h4-10,13-14H,3,11-12H2,1-2H3. The van der Waals surface area contributed by atoms with Crippen LogP contribution in [0.2, 0.25) is 0 Å². The van der Waals surface area contributed by atoms with Gasteiger partial charge >= 0.3 is 5.97 Å². The smallest absolute Gasteiger partial charge is 0.308 e. The lowest BCUT2D eigenvalue weighted by atomic mass is 10.1. The monoisotopic (exact) mass is 299 g/mol. The zero-order chi connectivity index (χ0) is 15.8. The second-order valence-electron chi connectivity index (χ2n) is 5.05. The molecular weight excluding hydrogens is 278 g/mol. The van der Waals surface area contributed by atoms with E-state index in [2.05, 4.69) is 14.9 Å². The summed E-state index contributed by atoms with van der Waals surface area (Å²) in [6.07, 6.45) is 7.79. The van der Waals surface area contributed by atoms with Crippen molar-refractivity contribution >= 4 is 17.3 Å². The molecular formula is C17H21N3O2. The summed E-state index contributed by atoms with van der Waals surface area (Å²) in [5.74, 6) is -0.212. The maximum Gasteiger partial charge on any atom is 0.308 e. The third-order valence-corrected chi connectivity index (χ3v) is 3.51. The molecule has 116 valence electrons. The van der Waals surface area contributed by atoms with Crippen LogP contribution in [0.15, 0.2) is 49.1 Å². The topological polar surface area (TPSA) is 55.3 Å². The number of ether oxygens (including phenoxy) is 1. The fourth-order valence-corrected chi connectivity index (χ4v) is 1.99. The minimum absolute atomic E-state index is 0.0623. The van der Waals surface area contributed by atoms with Crippen molar-refractivity contribution in [1.29, 1.82) is 0 Å². The molecule has 0 bridgehead atoms. The molecule has 0 aliphatic carbocycles. The maximum atomic E-state index is 11.8. The molecule has 0 fully saturated rings. The quantitative estimate of drug-likeness (QED) is 0.735. The highest BCUT2D eigenvalue weighted by Gasteiger charge is 2.14. The Morgan fingerprint density at radius 2 is 1.95 bits per heavy atom. The van der Waals surface area contributed by atoms with Gasteiger partial charge in [-0.05, 0) is 30.7 Å². The Labute approximate surface area is 131 Å². The number of carbonyl (C=O) groups excluding carboxylic acids is 1. The van der Waals surface area contributed by atoms with Crippen LogP contribution < -0.4 is 4.90 Å². The highest BCUT2D eigenvalue weighted by atomic mass is 16.5. The molecule has 0 spiro atoms. The van der Waals surface area contributed by atoms with Crippen molar-refractivity contribution in [2.24, 2.45) is 5.92 Å². The van der Waals surface area contributed by atoms with Gasteiger partial charge in [-0.3, -0.25) is 14.8 Å². The first-order valence-electron chi connectivity index (χ1n) is 7.46. The number of rotatable bonds is 7. The fraction of sp³-hybridized carbons (Fsp3) is 0.353. The number of aromatic nitrogens is 2. The largest absolute Gasteiger partial charge is 0.464 e. The van der Waals surface area contributed by atoms with Gasteiger partial charge in [-0.25, -0.2) is 0 Å². The van der Waals surface area contributed by atoms with E-state index in [0.717, 1.165) is 17.8 Å². The average molecular weight is 299 g/mol. The van der Waals surface area contributed by atoms with Gasteiger partial charge in [-0.15, -0.1) is 0 Å². The minimum Gasteiger partial charge on any atom is -0.464 e. The number of nitrogens with zero attached hydrogens (tertiary/aromatic N) is 3. The van der Waals surface area contributed by atoms with E-state index in [9.17, 15) is 4.79 Å². The van der Waals surface area contributed by atoms with Gasteiger partial charge in [-0.2, -0.15) is 0 Å². The molecule has 2 rings (SSSR count). The number of anilines is 2. The third kappa shape index (κ3) is 4.28. The van der Waals surface area contributed by atoms with E-state index in [-0.39, 0.29) is 11.9 Å². The molecule has 0 aliphatic heterocycles. The molecule has 0 radical (unpaired) electrons. The zero-order valence-corrected chi connectivity index (χ0v) is 13.0. The van der Waals surface area contributed by atoms with Crippen LogP contribution in [-0.4, -0.2) is 29.1 Å². The fourth-order valence-electron chi connectivity index (χ4n) is 1.99. The summed E-state index contributed by atoms with van der Waals surface area (Å²) in [5.41, 5.74) is 1.94. The molecule has 2 aromatic rings. The highest BCUT2D eigenvalue weighted by molar-refractivity contribution is 5.72. The van der Waals surface area contributed by atoms with E-state index in [1.807, 2.05) is 38.1 Å². The number of pyridine rings is 2. The van der Waals surface area contributed by atoms with Crippen LogP contribution in [0.5, 0.6) is 0 Å². The van der Waals surface area contributed by atoms with Gasteiger partial charge in [0.2, 0.25) is 0 Å². The molecule has 0 aromatic carbocycles. The number of hydrogen-bond acceptors (Lipinski definition) is 5. The average Bonchev–Trinajstić information content (AvgIpc) is 2.59. The molecule has 0 saturated carbocycles. The van der Waals surface area contributed by atoms with Crippen LogP contribution in [0.1, 0.15) is 20.3 Å². The Morgan fingerprint density at radius 3 is 2.59 bits per heavy atom.